The fraction of sp³-hybridized carbons (Fsp3) is 0.188. The summed E-state index contributed by atoms with van der Waals surface area (Å²) in [6.45, 7) is 0.807. The van der Waals surface area contributed by atoms with E-state index in [9.17, 15) is 4.79 Å². The van der Waals surface area contributed by atoms with E-state index < -0.39 is 0 Å². The van der Waals surface area contributed by atoms with Crippen molar-refractivity contribution in [3.63, 3.8) is 0 Å². The third kappa shape index (κ3) is 5.29. The molecule has 0 unspecified atom stereocenters. The lowest BCUT2D eigenvalue weighted by atomic mass is 10.3. The predicted octanol–water partition coefficient (Wildman–Crippen LogP) is 3.66. The minimum atomic E-state index is -0.275. The lowest BCUT2D eigenvalue weighted by Crippen LogP contribution is -2.32. The molecule has 0 aromatic heterocycles. The summed E-state index contributed by atoms with van der Waals surface area (Å²) >= 11 is 3.37. The molecule has 0 aliphatic heterocycles. The minimum absolute atomic E-state index is 0.275. The minimum Gasteiger partial charge on any atom is -0.497 e. The third-order valence-electron chi connectivity index (χ3n) is 2.80. The molecule has 0 fully saturated rings. The Morgan fingerprint density at radius 2 is 1.91 bits per heavy atom. The fourth-order valence-corrected chi connectivity index (χ4v) is 2.12. The zero-order chi connectivity index (χ0) is 15.8. The van der Waals surface area contributed by atoms with Gasteiger partial charge in [0, 0.05) is 10.2 Å². The van der Waals surface area contributed by atoms with Gasteiger partial charge >= 0.3 is 6.03 Å². The van der Waals surface area contributed by atoms with Gasteiger partial charge in [0.15, 0.2) is 0 Å². The largest absolute Gasteiger partial charge is 0.497 e. The molecular weight excluding hydrogens is 348 g/mol. The summed E-state index contributed by atoms with van der Waals surface area (Å²) in [6, 6.07) is 14.4. The van der Waals surface area contributed by atoms with E-state index >= 15 is 0 Å². The number of urea groups is 1. The van der Waals surface area contributed by atoms with Crippen LogP contribution in [0.3, 0.4) is 0 Å². The molecule has 2 N–H and O–H groups in total. The van der Waals surface area contributed by atoms with Crippen molar-refractivity contribution in [3.8, 4) is 11.5 Å². The number of benzene rings is 2. The number of nitrogens with one attached hydrogen (secondary N) is 2. The van der Waals surface area contributed by atoms with Gasteiger partial charge in [0.25, 0.3) is 0 Å². The van der Waals surface area contributed by atoms with Crippen LogP contribution in [0.2, 0.25) is 0 Å². The molecule has 2 rings (SSSR count). The van der Waals surface area contributed by atoms with Crippen LogP contribution in [0.4, 0.5) is 10.5 Å². The Balaban J connectivity index is 1.69. The molecule has 0 saturated carbocycles. The highest BCUT2D eigenvalue weighted by atomic mass is 79.9. The van der Waals surface area contributed by atoms with E-state index in [0.29, 0.717) is 18.8 Å². The molecule has 2 amide bonds. The lowest BCUT2D eigenvalue weighted by Gasteiger charge is -2.09. The summed E-state index contributed by atoms with van der Waals surface area (Å²) in [6.07, 6.45) is 0. The second-order valence-corrected chi connectivity index (χ2v) is 5.33. The van der Waals surface area contributed by atoms with Gasteiger partial charge < -0.3 is 20.1 Å². The molecule has 2 aromatic carbocycles. The zero-order valence-corrected chi connectivity index (χ0v) is 13.7. The smallest absolute Gasteiger partial charge is 0.319 e. The van der Waals surface area contributed by atoms with E-state index in [1.807, 2.05) is 24.3 Å². The number of ether oxygens (including phenoxy) is 2. The number of amides is 2. The molecule has 116 valence electrons. The molecule has 2 aromatic rings. The number of rotatable bonds is 6. The average molecular weight is 365 g/mol. The summed E-state index contributed by atoms with van der Waals surface area (Å²) in [5.41, 5.74) is 0.700. The van der Waals surface area contributed by atoms with Gasteiger partial charge in [-0.15, -0.1) is 0 Å². The van der Waals surface area contributed by atoms with E-state index in [1.54, 1.807) is 31.4 Å². The van der Waals surface area contributed by atoms with Crippen molar-refractivity contribution < 1.29 is 14.3 Å². The van der Waals surface area contributed by atoms with Crippen LogP contribution in [0, 0.1) is 0 Å². The molecule has 6 heteroatoms. The SMILES string of the molecule is COc1ccc(NC(=O)NCCOc2cccc(Br)c2)cc1. The number of hydrogen-bond acceptors (Lipinski definition) is 3. The maximum Gasteiger partial charge on any atom is 0.319 e. The van der Waals surface area contributed by atoms with E-state index in [-0.39, 0.29) is 6.03 Å². The van der Waals surface area contributed by atoms with Crippen molar-refractivity contribution in [3.05, 3.63) is 53.0 Å². The van der Waals surface area contributed by atoms with Crippen molar-refractivity contribution in [2.24, 2.45) is 0 Å². The maximum atomic E-state index is 11.7. The van der Waals surface area contributed by atoms with Crippen molar-refractivity contribution in [1.82, 2.24) is 5.32 Å². The van der Waals surface area contributed by atoms with Crippen LogP contribution in [0.5, 0.6) is 11.5 Å². The standard InChI is InChI=1S/C16H17BrN2O3/c1-21-14-7-5-13(6-8-14)19-16(20)18-9-10-22-15-4-2-3-12(17)11-15/h2-8,11H,9-10H2,1H3,(H2,18,19,20). The first-order valence-electron chi connectivity index (χ1n) is 6.74. The van der Waals surface area contributed by atoms with E-state index in [0.717, 1.165) is 16.0 Å². The molecule has 0 bridgehead atoms. The second kappa shape index (κ2) is 8.29. The topological polar surface area (TPSA) is 59.6 Å². The van der Waals surface area contributed by atoms with Gasteiger partial charge in [0.1, 0.15) is 18.1 Å². The van der Waals surface area contributed by atoms with Gasteiger partial charge in [-0.2, -0.15) is 0 Å². The Bertz CT molecular complexity index is 617. The summed E-state index contributed by atoms with van der Waals surface area (Å²) in [4.78, 5) is 11.7. The molecule has 0 spiro atoms. The van der Waals surface area contributed by atoms with Crippen molar-refractivity contribution in [1.29, 1.82) is 0 Å². The van der Waals surface area contributed by atoms with Crippen LogP contribution in [0.15, 0.2) is 53.0 Å². The Morgan fingerprint density at radius 3 is 2.59 bits per heavy atom. The van der Waals surface area contributed by atoms with Crippen molar-refractivity contribution >= 4 is 27.6 Å². The van der Waals surface area contributed by atoms with E-state index in [2.05, 4.69) is 26.6 Å². The van der Waals surface area contributed by atoms with E-state index in [4.69, 9.17) is 9.47 Å². The monoisotopic (exact) mass is 364 g/mol. The number of methoxy groups -OCH3 is 1. The van der Waals surface area contributed by atoms with E-state index in [1.165, 1.54) is 0 Å². The molecule has 0 radical (unpaired) electrons. The van der Waals surface area contributed by atoms with Crippen LogP contribution in [-0.2, 0) is 0 Å². The predicted molar refractivity (Wildman–Crippen MR) is 89.7 cm³/mol. The van der Waals surface area contributed by atoms with Gasteiger partial charge in [-0.1, -0.05) is 22.0 Å². The molecule has 0 atom stereocenters. The first-order valence-corrected chi connectivity index (χ1v) is 7.54. The van der Waals surface area contributed by atoms with Gasteiger partial charge in [-0.25, -0.2) is 4.79 Å². The molecule has 0 saturated heterocycles. The Morgan fingerprint density at radius 1 is 1.14 bits per heavy atom. The van der Waals surface area contributed by atoms with Crippen LogP contribution in [-0.4, -0.2) is 26.3 Å². The molecule has 5 nitrogen and oxygen atoms in total. The normalized spacial score (nSPS) is 9.91. The van der Waals surface area contributed by atoms with Crippen LogP contribution >= 0.6 is 15.9 Å². The Kier molecular flexibility index (Phi) is 6.09. The number of carbonyl (C=O) groups excluding carboxylic acids is 1. The number of halogens is 1. The number of hydrogen-bond donors (Lipinski definition) is 2. The summed E-state index contributed by atoms with van der Waals surface area (Å²) in [7, 11) is 1.60. The zero-order valence-electron chi connectivity index (χ0n) is 12.1. The van der Waals surface area contributed by atoms with Crippen LogP contribution in [0.25, 0.3) is 0 Å². The lowest BCUT2D eigenvalue weighted by molar-refractivity contribution is 0.247. The van der Waals surface area contributed by atoms with Crippen molar-refractivity contribution in [2.45, 2.75) is 0 Å². The highest BCUT2D eigenvalue weighted by molar-refractivity contribution is 9.10. The molecule has 0 heterocycles. The number of carbonyl (C=O) groups is 1. The van der Waals surface area contributed by atoms with Gasteiger partial charge in [0.05, 0.1) is 13.7 Å². The Labute approximate surface area is 137 Å². The average Bonchev–Trinajstić information content (AvgIpc) is 2.52. The van der Waals surface area contributed by atoms with Gasteiger partial charge in [-0.3, -0.25) is 0 Å². The molecule has 0 aliphatic carbocycles. The molecular formula is C16H17BrN2O3. The highest BCUT2D eigenvalue weighted by Crippen LogP contribution is 2.17. The summed E-state index contributed by atoms with van der Waals surface area (Å²) in [5, 5.41) is 5.46. The second-order valence-electron chi connectivity index (χ2n) is 4.42. The third-order valence-corrected chi connectivity index (χ3v) is 3.29. The highest BCUT2D eigenvalue weighted by Gasteiger charge is 2.01. The van der Waals surface area contributed by atoms with Gasteiger partial charge in [0.2, 0.25) is 0 Å². The van der Waals surface area contributed by atoms with Crippen LogP contribution < -0.4 is 20.1 Å². The quantitative estimate of drug-likeness (QED) is 0.769. The maximum absolute atomic E-state index is 11.7. The summed E-state index contributed by atoms with van der Waals surface area (Å²) < 4.78 is 11.5. The summed E-state index contributed by atoms with van der Waals surface area (Å²) in [5.74, 6) is 1.50. The fourth-order valence-electron chi connectivity index (χ4n) is 1.74. The first-order chi connectivity index (χ1) is 10.7. The van der Waals surface area contributed by atoms with Crippen molar-refractivity contribution in [2.75, 3.05) is 25.6 Å². The number of anilines is 1. The van der Waals surface area contributed by atoms with Crippen LogP contribution in [0.1, 0.15) is 0 Å². The van der Waals surface area contributed by atoms with Gasteiger partial charge in [-0.05, 0) is 42.5 Å². The Hall–Kier alpha value is -2.21. The molecule has 22 heavy (non-hydrogen) atoms. The molecule has 0 aliphatic rings. The first kappa shape index (κ1) is 16.2.